The molecule has 0 radical (unpaired) electrons. The molecule has 0 unspecified atom stereocenters. The lowest BCUT2D eigenvalue weighted by atomic mass is 9.91. The fourth-order valence-electron chi connectivity index (χ4n) is 4.40. The van der Waals surface area contributed by atoms with Gasteiger partial charge in [-0.2, -0.15) is 0 Å². The molecule has 0 bridgehead atoms. The Morgan fingerprint density at radius 2 is 1.65 bits per heavy atom. The molecular weight excluding hydrogens is 482 g/mol. The molecule has 0 saturated carbocycles. The molecule has 37 heavy (non-hydrogen) atoms. The van der Waals surface area contributed by atoms with Crippen LogP contribution in [0.1, 0.15) is 33.1 Å². The van der Waals surface area contributed by atoms with Crippen molar-refractivity contribution in [3.8, 4) is 17.2 Å². The summed E-state index contributed by atoms with van der Waals surface area (Å²) in [4.78, 5) is 36.7. The predicted octanol–water partition coefficient (Wildman–Crippen LogP) is 4.65. The number of amides is 1. The van der Waals surface area contributed by atoms with Gasteiger partial charge >= 0.3 is 0 Å². The van der Waals surface area contributed by atoms with Crippen LogP contribution in [-0.2, 0) is 6.42 Å². The monoisotopic (exact) mass is 507 g/mol. The summed E-state index contributed by atoms with van der Waals surface area (Å²) in [6.45, 7) is 2.00. The maximum atomic E-state index is 13.6. The van der Waals surface area contributed by atoms with E-state index in [4.69, 9.17) is 14.2 Å². The van der Waals surface area contributed by atoms with Crippen molar-refractivity contribution in [3.63, 3.8) is 0 Å². The standard InChI is InChI=1S/C26H25N3O8/c1-16-4-5-18(12-22(16)29(33)34)26(30)27-11-10-17-13-24(35-2)25(36-3)14-21(17)23(27)15-37-20-8-6-19(7-9-20)28(31)32/h4-9,12-14,23H,10-11,15H2,1-3H3/t23-/m1/s1. The number of fused-ring (bicyclic) bond motifs is 1. The van der Waals surface area contributed by atoms with Gasteiger partial charge in [-0.1, -0.05) is 6.07 Å². The third-order valence-corrected chi connectivity index (χ3v) is 6.37. The summed E-state index contributed by atoms with van der Waals surface area (Å²) in [5.41, 5.74) is 2.20. The lowest BCUT2D eigenvalue weighted by Crippen LogP contribution is -2.42. The van der Waals surface area contributed by atoms with Crippen LogP contribution in [0.2, 0.25) is 0 Å². The van der Waals surface area contributed by atoms with E-state index in [2.05, 4.69) is 0 Å². The zero-order chi connectivity index (χ0) is 26.7. The highest BCUT2D eigenvalue weighted by molar-refractivity contribution is 5.95. The Labute approximate surface area is 212 Å². The van der Waals surface area contributed by atoms with Crippen LogP contribution in [0.5, 0.6) is 17.2 Å². The van der Waals surface area contributed by atoms with Crippen molar-refractivity contribution in [3.05, 3.63) is 97.1 Å². The number of nitro groups is 2. The van der Waals surface area contributed by atoms with E-state index in [0.29, 0.717) is 35.8 Å². The van der Waals surface area contributed by atoms with E-state index in [1.165, 1.54) is 37.4 Å². The number of nitro benzene ring substituents is 2. The maximum absolute atomic E-state index is 13.6. The number of methoxy groups -OCH3 is 2. The van der Waals surface area contributed by atoms with Crippen LogP contribution in [0.15, 0.2) is 54.6 Å². The van der Waals surface area contributed by atoms with Gasteiger partial charge in [0.15, 0.2) is 11.5 Å². The van der Waals surface area contributed by atoms with E-state index in [9.17, 15) is 25.0 Å². The Hall–Kier alpha value is -4.67. The first-order valence-electron chi connectivity index (χ1n) is 11.4. The van der Waals surface area contributed by atoms with E-state index in [-0.39, 0.29) is 29.5 Å². The second-order valence-electron chi connectivity index (χ2n) is 8.49. The molecule has 192 valence electrons. The summed E-state index contributed by atoms with van der Waals surface area (Å²) in [6.07, 6.45) is 0.531. The van der Waals surface area contributed by atoms with Gasteiger partial charge in [-0.15, -0.1) is 0 Å². The average Bonchev–Trinajstić information content (AvgIpc) is 2.90. The van der Waals surface area contributed by atoms with Crippen molar-refractivity contribution < 1.29 is 28.9 Å². The van der Waals surface area contributed by atoms with Gasteiger partial charge in [-0.05, 0) is 54.8 Å². The van der Waals surface area contributed by atoms with Crippen molar-refractivity contribution in [2.75, 3.05) is 27.4 Å². The number of hydrogen-bond donors (Lipinski definition) is 0. The normalized spacial score (nSPS) is 14.5. The molecule has 0 N–H and O–H groups in total. The number of carbonyl (C=O) groups excluding carboxylic acids is 1. The fourth-order valence-corrected chi connectivity index (χ4v) is 4.40. The Morgan fingerprint density at radius 3 is 2.27 bits per heavy atom. The first-order chi connectivity index (χ1) is 17.7. The maximum Gasteiger partial charge on any atom is 0.273 e. The van der Waals surface area contributed by atoms with Crippen LogP contribution >= 0.6 is 0 Å². The van der Waals surface area contributed by atoms with Crippen molar-refractivity contribution >= 4 is 17.3 Å². The lowest BCUT2D eigenvalue weighted by molar-refractivity contribution is -0.385. The number of carbonyl (C=O) groups is 1. The van der Waals surface area contributed by atoms with Gasteiger partial charge < -0.3 is 19.1 Å². The van der Waals surface area contributed by atoms with Gasteiger partial charge in [0, 0.05) is 35.9 Å². The highest BCUT2D eigenvalue weighted by Crippen LogP contribution is 2.39. The van der Waals surface area contributed by atoms with Gasteiger partial charge in [0.05, 0.1) is 30.1 Å². The molecule has 11 nitrogen and oxygen atoms in total. The number of nitrogens with zero attached hydrogens (tertiary/aromatic N) is 3. The lowest BCUT2D eigenvalue weighted by Gasteiger charge is -2.37. The van der Waals surface area contributed by atoms with Gasteiger partial charge in [0.1, 0.15) is 12.4 Å². The van der Waals surface area contributed by atoms with Crippen LogP contribution in [0.4, 0.5) is 11.4 Å². The Kier molecular flexibility index (Phi) is 7.23. The predicted molar refractivity (Wildman–Crippen MR) is 133 cm³/mol. The summed E-state index contributed by atoms with van der Waals surface area (Å²) in [5, 5.41) is 22.4. The van der Waals surface area contributed by atoms with Crippen molar-refractivity contribution in [2.45, 2.75) is 19.4 Å². The molecule has 1 aliphatic heterocycles. The van der Waals surface area contributed by atoms with Crippen LogP contribution in [0, 0.1) is 27.2 Å². The summed E-state index contributed by atoms with van der Waals surface area (Å²) >= 11 is 0. The molecule has 0 spiro atoms. The van der Waals surface area contributed by atoms with Gasteiger partial charge in [0.25, 0.3) is 17.3 Å². The second kappa shape index (κ2) is 10.5. The molecule has 1 atom stereocenters. The minimum atomic E-state index is -0.563. The topological polar surface area (TPSA) is 134 Å². The summed E-state index contributed by atoms with van der Waals surface area (Å²) < 4.78 is 16.9. The van der Waals surface area contributed by atoms with Crippen LogP contribution in [0.3, 0.4) is 0 Å². The number of ether oxygens (including phenoxy) is 3. The molecule has 4 rings (SSSR count). The van der Waals surface area contributed by atoms with E-state index in [0.717, 1.165) is 11.1 Å². The van der Waals surface area contributed by atoms with Crippen molar-refractivity contribution in [1.29, 1.82) is 0 Å². The zero-order valence-electron chi connectivity index (χ0n) is 20.5. The summed E-state index contributed by atoms with van der Waals surface area (Å²) in [5.74, 6) is 1.07. The SMILES string of the molecule is COc1cc2c(cc1OC)[C@@H](COc1ccc([N+](=O)[O-])cc1)N(C(=O)c1ccc(C)c([N+](=O)[O-])c1)CC2. The van der Waals surface area contributed by atoms with E-state index in [1.54, 1.807) is 37.1 Å². The Bertz CT molecular complexity index is 1360. The Morgan fingerprint density at radius 1 is 0.973 bits per heavy atom. The molecule has 0 aromatic heterocycles. The smallest absolute Gasteiger partial charge is 0.273 e. The highest BCUT2D eigenvalue weighted by Gasteiger charge is 2.34. The quantitative estimate of drug-likeness (QED) is 0.318. The van der Waals surface area contributed by atoms with Crippen LogP contribution < -0.4 is 14.2 Å². The third kappa shape index (κ3) is 5.15. The van der Waals surface area contributed by atoms with Gasteiger partial charge in [-0.25, -0.2) is 0 Å². The summed E-state index contributed by atoms with van der Waals surface area (Å²) in [6, 6.07) is 13.2. The molecule has 1 aliphatic rings. The molecular formula is C26H25N3O8. The summed E-state index contributed by atoms with van der Waals surface area (Å²) in [7, 11) is 3.06. The van der Waals surface area contributed by atoms with Crippen molar-refractivity contribution in [1.82, 2.24) is 4.90 Å². The minimum Gasteiger partial charge on any atom is -0.493 e. The highest BCUT2D eigenvalue weighted by atomic mass is 16.6. The third-order valence-electron chi connectivity index (χ3n) is 6.37. The first-order valence-corrected chi connectivity index (χ1v) is 11.4. The van der Waals surface area contributed by atoms with Gasteiger partial charge in [-0.3, -0.25) is 25.0 Å². The number of hydrogen-bond acceptors (Lipinski definition) is 8. The molecule has 0 aliphatic carbocycles. The number of benzene rings is 3. The van der Waals surface area contributed by atoms with Crippen molar-refractivity contribution in [2.24, 2.45) is 0 Å². The van der Waals surface area contributed by atoms with Crippen LogP contribution in [-0.4, -0.2) is 48.0 Å². The Balaban J connectivity index is 1.71. The zero-order valence-corrected chi connectivity index (χ0v) is 20.5. The molecule has 3 aromatic rings. The molecule has 0 saturated heterocycles. The molecule has 1 heterocycles. The number of aryl methyl sites for hydroxylation is 1. The minimum absolute atomic E-state index is 0.0417. The molecule has 11 heteroatoms. The fraction of sp³-hybridized carbons (Fsp3) is 0.269. The van der Waals surface area contributed by atoms with E-state index in [1.807, 2.05) is 6.07 Å². The second-order valence-corrected chi connectivity index (χ2v) is 8.49. The van der Waals surface area contributed by atoms with E-state index >= 15 is 0 Å². The molecule has 0 fully saturated rings. The molecule has 3 aromatic carbocycles. The first kappa shape index (κ1) is 25.4. The molecule has 1 amide bonds. The number of rotatable bonds is 8. The van der Waals surface area contributed by atoms with E-state index < -0.39 is 15.9 Å². The largest absolute Gasteiger partial charge is 0.493 e. The van der Waals surface area contributed by atoms with Crippen LogP contribution in [0.25, 0.3) is 0 Å². The average molecular weight is 507 g/mol. The number of non-ortho nitro benzene ring substituents is 1. The van der Waals surface area contributed by atoms with Gasteiger partial charge in [0.2, 0.25) is 0 Å².